The molecule has 0 spiro atoms. The van der Waals surface area contributed by atoms with E-state index in [0.717, 1.165) is 69.7 Å². The number of benzene rings is 4. The monoisotopic (exact) mass is 1100 g/mol. The van der Waals surface area contributed by atoms with E-state index in [-0.39, 0.29) is 54.9 Å². The van der Waals surface area contributed by atoms with Crippen molar-refractivity contribution >= 4 is 45.4 Å². The number of carbonyl (C=O) groups excluding carboxylic acids is 3. The number of aryl methyl sites for hydroxylation is 1. The van der Waals surface area contributed by atoms with Crippen LogP contribution in [0.15, 0.2) is 109 Å². The highest BCUT2D eigenvalue weighted by Gasteiger charge is 2.78. The summed E-state index contributed by atoms with van der Waals surface area (Å²) in [7, 11) is 0. The van der Waals surface area contributed by atoms with Gasteiger partial charge in [0.2, 0.25) is 5.12 Å². The number of thioether (sulfide) groups is 1. The first kappa shape index (κ1) is 61.6. The van der Waals surface area contributed by atoms with Gasteiger partial charge in [-0.15, -0.1) is 0 Å². The number of rotatable bonds is 21. The fourth-order valence-electron chi connectivity index (χ4n) is 12.4. The Kier molecular flexibility index (Phi) is 21.8. The number of aliphatic hydroxyl groups excluding tert-OH is 3. The number of aromatic carboxylic acids is 1. The second kappa shape index (κ2) is 27.5. The number of phenols is 2. The van der Waals surface area contributed by atoms with Crippen molar-refractivity contribution in [3.8, 4) is 11.5 Å². The standard InChI is InChI=1S/C25H31F3O5S.C25H37NO4.C11H8O3/c1-5-20(31)33-25(21(32)34-12-26)13(2)8-15-16-10-18(27)17-9-14(29)6-7-22(17,3)24(16,28)19(30)11-23(15,25)4;27-20-23-18-22(13-14-24(23)28)25(29)19-26-15-7-1-2-8-16-30-17-9-6-12-21-10-4-3-5-11-21;12-10-8-4-2-1-3-7(8)5-6-9(10)11(13)14/h6-7,9,13,15-16,18-19,30H,5,8,10-12H2,1-4H3;3-5,10-11,13-14,18,25-29H,1-2,6-9,12,15-17,19-20H2;1-6,12H,(H,13,14)/t13-,15+,16+,18+,19+,22+,23+,24?,25+;;/m1../s1. The zero-order valence-electron chi connectivity index (χ0n) is 45.0. The second-order valence-electron chi connectivity index (χ2n) is 21.3. The van der Waals surface area contributed by atoms with Crippen molar-refractivity contribution in [2.75, 3.05) is 32.3 Å². The van der Waals surface area contributed by atoms with Gasteiger partial charge in [0.25, 0.3) is 0 Å². The Bertz CT molecular complexity index is 2760. The number of ether oxygens (including phenoxy) is 2. The van der Waals surface area contributed by atoms with E-state index in [1.807, 2.05) is 12.1 Å². The fourth-order valence-corrected chi connectivity index (χ4v) is 13.2. The van der Waals surface area contributed by atoms with Gasteiger partial charge in [-0.3, -0.25) is 14.4 Å². The highest BCUT2D eigenvalue weighted by Crippen LogP contribution is 2.72. The minimum Gasteiger partial charge on any atom is -0.508 e. The van der Waals surface area contributed by atoms with E-state index in [9.17, 15) is 49.1 Å². The summed E-state index contributed by atoms with van der Waals surface area (Å²) in [5.74, 6) is -4.53. The van der Waals surface area contributed by atoms with Crippen LogP contribution in [0.1, 0.15) is 125 Å². The molecule has 0 aliphatic heterocycles. The molecular formula is C61H76F3NO12S. The molecule has 17 heteroatoms. The molecule has 78 heavy (non-hydrogen) atoms. The van der Waals surface area contributed by atoms with Crippen molar-refractivity contribution in [2.45, 2.75) is 135 Å². The number of ketones is 1. The van der Waals surface area contributed by atoms with Crippen molar-refractivity contribution in [3.63, 3.8) is 0 Å². The molecule has 7 N–H and O–H groups in total. The topological polar surface area (TPSA) is 220 Å². The number of esters is 1. The SMILES string of the molecule is CCC(=O)O[C@]1(C(=O)SCF)[C@H](C)C[C@H]2[C@@H]3C[C@H](F)C4=CC(=O)C=C[C@]4(C)C3(F)[C@@H](O)C[C@@]21C.O=C(O)c1ccc2ccccc2c1O.OCc1cc(C(O)CNCCCCCCOCCCCc2ccccc2)ccc1O. The van der Waals surface area contributed by atoms with Crippen molar-refractivity contribution in [2.24, 2.45) is 28.6 Å². The van der Waals surface area contributed by atoms with E-state index in [0.29, 0.717) is 34.8 Å². The van der Waals surface area contributed by atoms with Gasteiger partial charge in [-0.2, -0.15) is 0 Å². The normalized spacial score (nSPS) is 27.2. The maximum Gasteiger partial charge on any atom is 0.339 e. The molecule has 0 saturated heterocycles. The zero-order valence-corrected chi connectivity index (χ0v) is 45.8. The third-order valence-corrected chi connectivity index (χ3v) is 17.3. The van der Waals surface area contributed by atoms with Crippen LogP contribution in [-0.4, -0.2) is 109 Å². The predicted octanol–water partition coefficient (Wildman–Crippen LogP) is 10.8. The number of hydrogen-bond donors (Lipinski definition) is 7. The molecule has 0 radical (unpaired) electrons. The molecule has 0 heterocycles. The summed E-state index contributed by atoms with van der Waals surface area (Å²) in [5, 5.41) is 62.8. The number of aliphatic hydroxyl groups is 3. The number of unbranched alkanes of at least 4 members (excludes halogenated alkanes) is 4. The van der Waals surface area contributed by atoms with Crippen LogP contribution in [-0.2, 0) is 36.9 Å². The molecular weight excluding hydrogens is 1030 g/mol. The molecule has 8 rings (SSSR count). The van der Waals surface area contributed by atoms with Gasteiger partial charge in [-0.05, 0) is 135 Å². The molecule has 4 aromatic carbocycles. The first-order valence-corrected chi connectivity index (χ1v) is 28.0. The number of nitrogens with one attached hydrogen (secondary N) is 1. The molecule has 3 saturated carbocycles. The lowest BCUT2D eigenvalue weighted by Gasteiger charge is -2.63. The van der Waals surface area contributed by atoms with E-state index in [1.165, 1.54) is 43.2 Å². The maximum absolute atomic E-state index is 17.2. The molecule has 4 aliphatic rings. The van der Waals surface area contributed by atoms with Crippen molar-refractivity contribution in [1.29, 1.82) is 0 Å². The number of hydrogen-bond acceptors (Lipinski definition) is 13. The summed E-state index contributed by atoms with van der Waals surface area (Å²) < 4.78 is 57.6. The molecule has 13 nitrogen and oxygen atoms in total. The molecule has 2 unspecified atom stereocenters. The zero-order chi connectivity index (χ0) is 56.8. The number of carbonyl (C=O) groups is 4. The van der Waals surface area contributed by atoms with Gasteiger partial charge in [0, 0.05) is 59.8 Å². The number of allylic oxidation sites excluding steroid dienone is 4. The maximum atomic E-state index is 17.2. The lowest BCUT2D eigenvalue weighted by Crippen LogP contribution is -2.70. The van der Waals surface area contributed by atoms with E-state index in [1.54, 1.807) is 51.1 Å². The molecule has 0 amide bonds. The number of aromatic hydroxyl groups is 2. The number of alkyl halides is 3. The Morgan fingerprint density at radius 2 is 1.59 bits per heavy atom. The van der Waals surface area contributed by atoms with Gasteiger partial charge in [0.15, 0.2) is 17.1 Å². The molecule has 3 fully saturated rings. The molecule has 0 bridgehead atoms. The lowest BCUT2D eigenvalue weighted by atomic mass is 9.44. The van der Waals surface area contributed by atoms with Crippen LogP contribution in [0.4, 0.5) is 13.2 Å². The molecule has 424 valence electrons. The van der Waals surface area contributed by atoms with Gasteiger partial charge in [-0.25, -0.2) is 18.0 Å². The number of carboxylic acids is 1. The quantitative estimate of drug-likeness (QED) is 0.0305. The van der Waals surface area contributed by atoms with E-state index >= 15 is 8.78 Å². The van der Waals surface area contributed by atoms with Crippen LogP contribution >= 0.6 is 11.8 Å². The summed E-state index contributed by atoms with van der Waals surface area (Å²) in [5.41, 5.74) is -4.37. The summed E-state index contributed by atoms with van der Waals surface area (Å²) in [6, 6.07) is 24.6. The molecule has 4 aliphatic carbocycles. The van der Waals surface area contributed by atoms with Crippen LogP contribution in [0.3, 0.4) is 0 Å². The van der Waals surface area contributed by atoms with E-state index in [2.05, 4.69) is 35.6 Å². The van der Waals surface area contributed by atoms with Crippen LogP contribution in [0.25, 0.3) is 10.8 Å². The number of carboxylic acid groups (broad SMARTS) is 1. The molecule has 0 aromatic heterocycles. The van der Waals surface area contributed by atoms with Crippen molar-refractivity contribution < 1.29 is 72.5 Å². The minimum atomic E-state index is -2.30. The van der Waals surface area contributed by atoms with Gasteiger partial charge in [0.05, 0.1) is 18.8 Å². The minimum absolute atomic E-state index is 0.0141. The van der Waals surface area contributed by atoms with Crippen LogP contribution in [0, 0.1) is 28.6 Å². The van der Waals surface area contributed by atoms with Gasteiger partial charge in [-0.1, -0.05) is 106 Å². The Morgan fingerprint density at radius 1 is 0.897 bits per heavy atom. The van der Waals surface area contributed by atoms with Crippen LogP contribution < -0.4 is 5.32 Å². The lowest BCUT2D eigenvalue weighted by molar-refractivity contribution is -0.228. The fraction of sp³-hybridized carbons (Fsp3) is 0.508. The molecule has 10 atom stereocenters. The number of halogens is 3. The smallest absolute Gasteiger partial charge is 0.339 e. The first-order chi connectivity index (χ1) is 37.2. The third kappa shape index (κ3) is 13.2. The summed E-state index contributed by atoms with van der Waals surface area (Å²) in [4.78, 5) is 48.5. The van der Waals surface area contributed by atoms with E-state index < -0.39 is 87.1 Å². The third-order valence-electron chi connectivity index (χ3n) is 16.6. The van der Waals surface area contributed by atoms with Crippen molar-refractivity contribution in [1.82, 2.24) is 5.32 Å². The Labute approximate surface area is 459 Å². The van der Waals surface area contributed by atoms with Crippen LogP contribution in [0.5, 0.6) is 11.5 Å². The number of fused-ring (bicyclic) bond motifs is 6. The van der Waals surface area contributed by atoms with Gasteiger partial charge >= 0.3 is 11.9 Å². The second-order valence-corrected chi connectivity index (χ2v) is 22.2. The Morgan fingerprint density at radius 3 is 2.28 bits per heavy atom. The highest BCUT2D eigenvalue weighted by atomic mass is 32.2. The summed E-state index contributed by atoms with van der Waals surface area (Å²) in [6.07, 6.45) is 7.40. The first-order valence-electron chi connectivity index (χ1n) is 27.0. The highest BCUT2D eigenvalue weighted by molar-refractivity contribution is 8.13. The average Bonchev–Trinajstić information content (AvgIpc) is 2.46. The predicted molar refractivity (Wildman–Crippen MR) is 294 cm³/mol. The molecule has 4 aromatic rings. The van der Waals surface area contributed by atoms with Crippen LogP contribution in [0.2, 0.25) is 0 Å². The van der Waals surface area contributed by atoms with Crippen molar-refractivity contribution in [3.05, 3.63) is 131 Å². The Balaban J connectivity index is 0.000000204. The van der Waals surface area contributed by atoms with Gasteiger partial charge < -0.3 is 45.4 Å². The summed E-state index contributed by atoms with van der Waals surface area (Å²) >= 11 is 0.396. The Hall–Kier alpha value is -5.56. The largest absolute Gasteiger partial charge is 0.508 e. The van der Waals surface area contributed by atoms with Gasteiger partial charge in [0.1, 0.15) is 29.2 Å². The summed E-state index contributed by atoms with van der Waals surface area (Å²) in [6.45, 7) is 9.22. The van der Waals surface area contributed by atoms with E-state index in [4.69, 9.17) is 14.6 Å². The average molecular weight is 1100 g/mol.